The topological polar surface area (TPSA) is 43.4 Å². The summed E-state index contributed by atoms with van der Waals surface area (Å²) >= 11 is 0. The van der Waals surface area contributed by atoms with Gasteiger partial charge in [-0.1, -0.05) is 77.7 Å². The second kappa shape index (κ2) is 23.2. The molecule has 0 aromatic rings. The first-order valence-corrected chi connectivity index (χ1v) is 12.2. The number of rotatable bonds is 20. The fraction of sp³-hybridized carbons (Fsp3) is 0.808. The van der Waals surface area contributed by atoms with Gasteiger partial charge >= 0.3 is 18.9 Å². The van der Waals surface area contributed by atoms with Gasteiger partial charge in [-0.15, -0.1) is 0 Å². The Hall–Kier alpha value is -0.493. The Kier molecular flexibility index (Phi) is 24.5. The van der Waals surface area contributed by atoms with Crippen molar-refractivity contribution in [1.29, 1.82) is 0 Å². The second-order valence-corrected chi connectivity index (χ2v) is 8.82. The molecule has 3 nitrogen and oxygen atoms in total. The molecule has 0 saturated heterocycles. The summed E-state index contributed by atoms with van der Waals surface area (Å²) in [6.07, 6.45) is 23.4. The Bertz CT molecular complexity index is 405. The van der Waals surface area contributed by atoms with Gasteiger partial charge in [0.05, 0.1) is 5.97 Å². The third-order valence-electron chi connectivity index (χ3n) is 5.61. The summed E-state index contributed by atoms with van der Waals surface area (Å²) < 4.78 is 0. The summed E-state index contributed by atoms with van der Waals surface area (Å²) in [5.41, 5.74) is 0. The molecule has 0 aliphatic rings. The number of carboxylic acids is 1. The zero-order chi connectivity index (χ0) is 21.7. The van der Waals surface area contributed by atoms with Crippen molar-refractivity contribution in [3.05, 3.63) is 24.3 Å². The van der Waals surface area contributed by atoms with E-state index in [1.807, 2.05) is 0 Å². The van der Waals surface area contributed by atoms with Crippen LogP contribution in [-0.4, -0.2) is 30.5 Å². The Labute approximate surface area is 199 Å². The van der Waals surface area contributed by atoms with E-state index in [2.05, 4.69) is 56.9 Å². The molecule has 0 fully saturated rings. The van der Waals surface area contributed by atoms with E-state index in [-0.39, 0.29) is 25.4 Å². The average Bonchev–Trinajstić information content (AvgIpc) is 2.69. The SMILES string of the molecule is CCC/C=C/CCCC(C)CCN(CCC(C)CCC/C=C/CCC)CC(=O)[O-].[Li+]. The van der Waals surface area contributed by atoms with E-state index in [1.165, 1.54) is 51.4 Å². The van der Waals surface area contributed by atoms with Crippen LogP contribution in [0.4, 0.5) is 0 Å². The zero-order valence-electron chi connectivity index (χ0n) is 20.8. The van der Waals surface area contributed by atoms with Crippen LogP contribution < -0.4 is 24.0 Å². The molecule has 0 N–H and O–H groups in total. The third-order valence-corrected chi connectivity index (χ3v) is 5.61. The molecule has 0 amide bonds. The predicted octanol–water partition coefficient (Wildman–Crippen LogP) is 3.15. The van der Waals surface area contributed by atoms with Crippen LogP contribution >= 0.6 is 0 Å². The van der Waals surface area contributed by atoms with Gasteiger partial charge in [0.2, 0.25) is 0 Å². The van der Waals surface area contributed by atoms with Gasteiger partial charge < -0.3 is 9.90 Å². The van der Waals surface area contributed by atoms with Crippen molar-refractivity contribution in [2.24, 2.45) is 11.8 Å². The van der Waals surface area contributed by atoms with E-state index in [0.717, 1.165) is 38.8 Å². The van der Waals surface area contributed by atoms with Gasteiger partial charge in [0.1, 0.15) is 0 Å². The Morgan fingerprint density at radius 3 is 1.53 bits per heavy atom. The molecule has 0 rings (SSSR count). The summed E-state index contributed by atoms with van der Waals surface area (Å²) in [5.74, 6) is 0.338. The van der Waals surface area contributed by atoms with Gasteiger partial charge in [-0.25, -0.2) is 0 Å². The van der Waals surface area contributed by atoms with E-state index in [4.69, 9.17) is 0 Å². The van der Waals surface area contributed by atoms with Crippen molar-refractivity contribution >= 4 is 5.97 Å². The van der Waals surface area contributed by atoms with Crippen LogP contribution in [0.2, 0.25) is 0 Å². The van der Waals surface area contributed by atoms with Crippen LogP contribution in [0.25, 0.3) is 0 Å². The maximum atomic E-state index is 11.1. The number of aliphatic carboxylic acids is 1. The molecule has 4 heteroatoms. The summed E-state index contributed by atoms with van der Waals surface area (Å²) in [6.45, 7) is 10.8. The molecular weight excluding hydrogens is 365 g/mol. The maximum Gasteiger partial charge on any atom is 1.00 e. The van der Waals surface area contributed by atoms with Crippen LogP contribution in [0.5, 0.6) is 0 Å². The molecule has 0 aliphatic heterocycles. The van der Waals surface area contributed by atoms with Crippen molar-refractivity contribution in [2.75, 3.05) is 19.6 Å². The summed E-state index contributed by atoms with van der Waals surface area (Å²) in [4.78, 5) is 13.2. The number of unbranched alkanes of at least 4 members (excludes halogenated alkanes) is 4. The minimum atomic E-state index is -0.951. The normalized spacial score (nSPS) is 13.8. The first-order valence-electron chi connectivity index (χ1n) is 12.2. The quantitative estimate of drug-likeness (QED) is 0.175. The van der Waals surface area contributed by atoms with Crippen LogP contribution in [-0.2, 0) is 4.79 Å². The molecule has 0 aromatic carbocycles. The molecule has 0 aliphatic carbocycles. The number of hydrogen-bond donors (Lipinski definition) is 0. The number of carbonyl (C=O) groups excluding carboxylic acids is 1. The molecule has 0 heterocycles. The van der Waals surface area contributed by atoms with Gasteiger partial charge in [-0.2, -0.15) is 0 Å². The van der Waals surface area contributed by atoms with E-state index < -0.39 is 5.97 Å². The van der Waals surface area contributed by atoms with E-state index >= 15 is 0 Å². The predicted molar refractivity (Wildman–Crippen MR) is 125 cm³/mol. The average molecular weight is 414 g/mol. The number of carboxylic acid groups (broad SMARTS) is 1. The standard InChI is InChI=1S/C26H49NO2.Li/c1-5-7-9-11-13-15-17-24(3)19-21-27(23-26(28)29)22-20-25(4)18-16-14-12-10-8-6-2;/h9-12,24-25H,5-8,13-23H2,1-4H3,(H,28,29);/q;+1/p-1/b11-9+,12-10+;. The summed E-state index contributed by atoms with van der Waals surface area (Å²) in [5, 5.41) is 11.1. The minimum absolute atomic E-state index is 0. The third kappa shape index (κ3) is 22.2. The van der Waals surface area contributed by atoms with E-state index in [1.54, 1.807) is 0 Å². The van der Waals surface area contributed by atoms with Gasteiger partial charge in [0.15, 0.2) is 0 Å². The van der Waals surface area contributed by atoms with Crippen LogP contribution in [0.1, 0.15) is 105 Å². The van der Waals surface area contributed by atoms with Crippen molar-refractivity contribution in [3.63, 3.8) is 0 Å². The Balaban J connectivity index is 0. The number of nitrogens with zero attached hydrogens (tertiary/aromatic N) is 1. The molecule has 0 spiro atoms. The van der Waals surface area contributed by atoms with Gasteiger partial charge in [-0.3, -0.25) is 4.90 Å². The fourth-order valence-corrected chi connectivity index (χ4v) is 3.52. The van der Waals surface area contributed by atoms with Crippen LogP contribution in [0.15, 0.2) is 24.3 Å². The van der Waals surface area contributed by atoms with Gasteiger partial charge in [0.25, 0.3) is 0 Å². The maximum absolute atomic E-state index is 11.1. The largest absolute Gasteiger partial charge is 1.00 e. The first kappa shape index (κ1) is 31.7. The van der Waals surface area contributed by atoms with Crippen LogP contribution in [0, 0.1) is 11.8 Å². The molecule has 0 radical (unpaired) electrons. The number of allylic oxidation sites excluding steroid dienone is 4. The van der Waals surface area contributed by atoms with E-state index in [9.17, 15) is 9.90 Å². The number of carbonyl (C=O) groups is 1. The molecule has 2 unspecified atom stereocenters. The molecule has 0 bridgehead atoms. The summed E-state index contributed by atoms with van der Waals surface area (Å²) in [6, 6.07) is 0. The van der Waals surface area contributed by atoms with E-state index in [0.29, 0.717) is 11.8 Å². The minimum Gasteiger partial charge on any atom is -0.549 e. The molecule has 30 heavy (non-hydrogen) atoms. The van der Waals surface area contributed by atoms with Gasteiger partial charge in [-0.05, 0) is 76.3 Å². The first-order chi connectivity index (χ1) is 14.0. The Morgan fingerprint density at radius 2 is 1.17 bits per heavy atom. The zero-order valence-corrected chi connectivity index (χ0v) is 20.8. The molecule has 170 valence electrons. The smallest absolute Gasteiger partial charge is 0.549 e. The summed E-state index contributed by atoms with van der Waals surface area (Å²) in [7, 11) is 0. The fourth-order valence-electron chi connectivity index (χ4n) is 3.52. The van der Waals surface area contributed by atoms with Crippen molar-refractivity contribution in [1.82, 2.24) is 4.90 Å². The second-order valence-electron chi connectivity index (χ2n) is 8.82. The van der Waals surface area contributed by atoms with Crippen molar-refractivity contribution < 1.29 is 28.8 Å². The van der Waals surface area contributed by atoms with Crippen molar-refractivity contribution in [2.45, 2.75) is 105 Å². The molecule has 2 atom stereocenters. The van der Waals surface area contributed by atoms with Gasteiger partial charge in [0, 0.05) is 6.54 Å². The molecule has 0 saturated carbocycles. The monoisotopic (exact) mass is 413 g/mol. The number of hydrogen-bond acceptors (Lipinski definition) is 3. The molecular formula is C26H48LiNO2. The van der Waals surface area contributed by atoms with Crippen LogP contribution in [0.3, 0.4) is 0 Å². The molecule has 0 aromatic heterocycles. The Morgan fingerprint density at radius 1 is 0.767 bits per heavy atom. The van der Waals surface area contributed by atoms with Crippen molar-refractivity contribution in [3.8, 4) is 0 Å².